The minimum absolute atomic E-state index is 0.379. The summed E-state index contributed by atoms with van der Waals surface area (Å²) < 4.78 is 7.01. The number of hydrogen-bond acceptors (Lipinski definition) is 5. The van der Waals surface area contributed by atoms with Gasteiger partial charge < -0.3 is 20.5 Å². The molecule has 0 spiro atoms. The first-order chi connectivity index (χ1) is 8.67. The Balaban J connectivity index is 1.73. The number of nitrogen functional groups attached to an aromatic ring is 1. The van der Waals surface area contributed by atoms with E-state index in [0.29, 0.717) is 24.9 Å². The monoisotopic (exact) mass is 254 g/mol. The van der Waals surface area contributed by atoms with Crippen LogP contribution in [0.3, 0.4) is 0 Å². The van der Waals surface area contributed by atoms with Gasteiger partial charge in [0, 0.05) is 32.9 Å². The fourth-order valence-electron chi connectivity index (χ4n) is 2.38. The fourth-order valence-corrected chi connectivity index (χ4v) is 2.38. The number of nitrogens with zero attached hydrogens (tertiary/aromatic N) is 3. The minimum atomic E-state index is -0.414. The maximum Gasteiger partial charge on any atom is 0.0862 e. The number of β-amino-alcohol motifs (C(OH)–C–C–N with tert-alkyl or cyclic N) is 1. The molecule has 1 aromatic rings. The molecule has 0 saturated carbocycles. The van der Waals surface area contributed by atoms with Crippen molar-refractivity contribution in [3.8, 4) is 0 Å². The van der Waals surface area contributed by atoms with E-state index in [2.05, 4.69) is 10.00 Å². The molecule has 6 heteroatoms. The zero-order chi connectivity index (χ0) is 13.0. The van der Waals surface area contributed by atoms with Gasteiger partial charge in [0.2, 0.25) is 0 Å². The molecular formula is C12H22N4O2. The predicted molar refractivity (Wildman–Crippen MR) is 69.1 cm³/mol. The van der Waals surface area contributed by atoms with E-state index < -0.39 is 6.10 Å². The molecule has 0 bridgehead atoms. The van der Waals surface area contributed by atoms with Crippen molar-refractivity contribution in [3.05, 3.63) is 12.4 Å². The number of ether oxygens (including phenoxy) is 1. The molecule has 3 N–H and O–H groups in total. The molecule has 18 heavy (non-hydrogen) atoms. The van der Waals surface area contributed by atoms with Crippen LogP contribution in [-0.2, 0) is 11.3 Å². The van der Waals surface area contributed by atoms with E-state index in [0.717, 1.165) is 25.9 Å². The molecule has 1 aliphatic heterocycles. The van der Waals surface area contributed by atoms with Crippen LogP contribution in [0.15, 0.2) is 12.4 Å². The van der Waals surface area contributed by atoms with Crippen LogP contribution >= 0.6 is 0 Å². The first kappa shape index (κ1) is 13.3. The average molecular weight is 254 g/mol. The van der Waals surface area contributed by atoms with Gasteiger partial charge in [-0.2, -0.15) is 5.10 Å². The lowest BCUT2D eigenvalue weighted by Gasteiger charge is -2.32. The summed E-state index contributed by atoms with van der Waals surface area (Å²) in [5.74, 6) is 0. The molecule has 1 aromatic heterocycles. The van der Waals surface area contributed by atoms with Crippen molar-refractivity contribution in [2.45, 2.75) is 31.6 Å². The first-order valence-electron chi connectivity index (χ1n) is 6.38. The highest BCUT2D eigenvalue weighted by molar-refractivity contribution is 5.30. The van der Waals surface area contributed by atoms with Gasteiger partial charge in [0.15, 0.2) is 0 Å². The Morgan fingerprint density at radius 2 is 2.22 bits per heavy atom. The van der Waals surface area contributed by atoms with Gasteiger partial charge in [0.05, 0.1) is 30.6 Å². The molecule has 1 fully saturated rings. The molecule has 1 saturated heterocycles. The number of hydrogen-bond donors (Lipinski definition) is 2. The fraction of sp³-hybridized carbons (Fsp3) is 0.750. The zero-order valence-electron chi connectivity index (χ0n) is 10.8. The van der Waals surface area contributed by atoms with Crippen molar-refractivity contribution in [2.75, 3.05) is 32.5 Å². The van der Waals surface area contributed by atoms with Crippen LogP contribution in [0.5, 0.6) is 0 Å². The summed E-state index contributed by atoms with van der Waals surface area (Å²) in [7, 11) is 1.76. The maximum absolute atomic E-state index is 10.0. The van der Waals surface area contributed by atoms with Crippen LogP contribution in [0.25, 0.3) is 0 Å². The quantitative estimate of drug-likeness (QED) is 0.769. The third kappa shape index (κ3) is 3.69. The highest BCUT2D eigenvalue weighted by Crippen LogP contribution is 2.13. The Labute approximate surface area is 107 Å². The Morgan fingerprint density at radius 1 is 1.50 bits per heavy atom. The van der Waals surface area contributed by atoms with E-state index in [1.54, 1.807) is 24.2 Å². The maximum atomic E-state index is 10.0. The predicted octanol–water partition coefficient (Wildman–Crippen LogP) is -0.0630. The summed E-state index contributed by atoms with van der Waals surface area (Å²) >= 11 is 0. The number of aliphatic hydroxyl groups excluding tert-OH is 1. The molecular weight excluding hydrogens is 232 g/mol. The second-order valence-corrected chi connectivity index (χ2v) is 4.89. The van der Waals surface area contributed by atoms with Gasteiger partial charge in [-0.1, -0.05) is 0 Å². The number of methoxy groups -OCH3 is 1. The van der Waals surface area contributed by atoms with E-state index in [9.17, 15) is 5.11 Å². The van der Waals surface area contributed by atoms with Crippen molar-refractivity contribution < 1.29 is 9.84 Å². The summed E-state index contributed by atoms with van der Waals surface area (Å²) in [6.45, 7) is 3.13. The minimum Gasteiger partial charge on any atom is -0.396 e. The summed E-state index contributed by atoms with van der Waals surface area (Å²) in [5, 5.41) is 14.1. The number of aliphatic hydroxyl groups is 1. The van der Waals surface area contributed by atoms with E-state index in [1.807, 2.05) is 0 Å². The zero-order valence-corrected chi connectivity index (χ0v) is 10.8. The van der Waals surface area contributed by atoms with Gasteiger partial charge in [-0.25, -0.2) is 0 Å². The standard InChI is InChI=1S/C12H22N4O2/c1-18-12-2-4-15(5-3-12)8-11(17)9-16-7-10(13)6-14-16/h6-7,11-12,17H,2-5,8-9,13H2,1H3. The Morgan fingerprint density at radius 3 is 2.78 bits per heavy atom. The van der Waals surface area contributed by atoms with E-state index in [1.165, 1.54) is 0 Å². The van der Waals surface area contributed by atoms with Gasteiger partial charge in [0.1, 0.15) is 0 Å². The van der Waals surface area contributed by atoms with Gasteiger partial charge >= 0.3 is 0 Å². The second-order valence-electron chi connectivity index (χ2n) is 4.89. The van der Waals surface area contributed by atoms with Gasteiger partial charge in [0.25, 0.3) is 0 Å². The van der Waals surface area contributed by atoms with Gasteiger partial charge in [-0.15, -0.1) is 0 Å². The topological polar surface area (TPSA) is 76.5 Å². The number of rotatable bonds is 5. The average Bonchev–Trinajstić information content (AvgIpc) is 2.75. The lowest BCUT2D eigenvalue weighted by atomic mass is 10.1. The van der Waals surface area contributed by atoms with Crippen LogP contribution in [0, 0.1) is 0 Å². The van der Waals surface area contributed by atoms with Gasteiger partial charge in [-0.3, -0.25) is 4.68 Å². The Hall–Kier alpha value is -1.11. The molecule has 2 rings (SSSR count). The number of likely N-dealkylation sites (tertiary alicyclic amines) is 1. The van der Waals surface area contributed by atoms with Crippen LogP contribution in [-0.4, -0.2) is 58.7 Å². The van der Waals surface area contributed by atoms with Crippen LogP contribution in [0.2, 0.25) is 0 Å². The van der Waals surface area contributed by atoms with Gasteiger partial charge in [-0.05, 0) is 12.8 Å². The third-order valence-electron chi connectivity index (χ3n) is 3.39. The summed E-state index contributed by atoms with van der Waals surface area (Å²) in [5.41, 5.74) is 6.21. The highest BCUT2D eigenvalue weighted by atomic mass is 16.5. The SMILES string of the molecule is COC1CCN(CC(O)Cn2cc(N)cn2)CC1. The van der Waals surface area contributed by atoms with Crippen LogP contribution in [0.1, 0.15) is 12.8 Å². The molecule has 102 valence electrons. The number of nitrogens with two attached hydrogens (primary N) is 1. The van der Waals surface area contributed by atoms with Crippen molar-refractivity contribution in [1.29, 1.82) is 0 Å². The Kier molecular flexibility index (Phi) is 4.57. The molecule has 1 unspecified atom stereocenters. The third-order valence-corrected chi connectivity index (χ3v) is 3.39. The smallest absolute Gasteiger partial charge is 0.0862 e. The van der Waals surface area contributed by atoms with Crippen molar-refractivity contribution in [3.63, 3.8) is 0 Å². The van der Waals surface area contributed by atoms with E-state index >= 15 is 0 Å². The van der Waals surface area contributed by atoms with E-state index in [4.69, 9.17) is 10.5 Å². The molecule has 0 amide bonds. The lowest BCUT2D eigenvalue weighted by molar-refractivity contribution is 0.0211. The molecule has 6 nitrogen and oxygen atoms in total. The lowest BCUT2D eigenvalue weighted by Crippen LogP contribution is -2.41. The molecule has 1 aliphatic rings. The normalized spacial score (nSPS) is 20.1. The van der Waals surface area contributed by atoms with E-state index in [-0.39, 0.29) is 0 Å². The first-order valence-corrected chi connectivity index (χ1v) is 6.38. The Bertz CT molecular complexity index is 361. The number of aromatic nitrogens is 2. The molecule has 1 atom stereocenters. The highest BCUT2D eigenvalue weighted by Gasteiger charge is 2.20. The summed E-state index contributed by atoms with van der Waals surface area (Å²) in [6.07, 6.45) is 5.38. The molecule has 0 radical (unpaired) electrons. The molecule has 0 aromatic carbocycles. The molecule has 2 heterocycles. The van der Waals surface area contributed by atoms with Crippen molar-refractivity contribution in [1.82, 2.24) is 14.7 Å². The van der Waals surface area contributed by atoms with Crippen molar-refractivity contribution in [2.24, 2.45) is 0 Å². The number of piperidine rings is 1. The summed E-state index contributed by atoms with van der Waals surface area (Å²) in [6, 6.07) is 0. The van der Waals surface area contributed by atoms with Crippen LogP contribution in [0.4, 0.5) is 5.69 Å². The van der Waals surface area contributed by atoms with Crippen molar-refractivity contribution >= 4 is 5.69 Å². The van der Waals surface area contributed by atoms with Crippen LogP contribution < -0.4 is 5.73 Å². The second kappa shape index (κ2) is 6.17. The molecule has 0 aliphatic carbocycles. The summed E-state index contributed by atoms with van der Waals surface area (Å²) in [4.78, 5) is 2.27. The number of anilines is 1. The largest absolute Gasteiger partial charge is 0.396 e.